The number of hydrogen-bond acceptors (Lipinski definition) is 3. The molecule has 2 aromatic rings. The molecule has 0 saturated carbocycles. The quantitative estimate of drug-likeness (QED) is 0.842. The molecule has 0 aliphatic carbocycles. The summed E-state index contributed by atoms with van der Waals surface area (Å²) in [6.45, 7) is 6.73. The minimum absolute atomic E-state index is 0.421. The van der Waals surface area contributed by atoms with Gasteiger partial charge in [-0.15, -0.1) is 0 Å². The van der Waals surface area contributed by atoms with Gasteiger partial charge in [0.05, 0.1) is 7.11 Å². The highest BCUT2D eigenvalue weighted by atomic mass is 16.5. The molecule has 0 bridgehead atoms. The molecule has 0 spiro atoms. The molecular weight excluding hydrogens is 248 g/mol. The molecular formula is C17H24N2O. The van der Waals surface area contributed by atoms with Crippen LogP contribution in [0, 0.1) is 5.92 Å². The van der Waals surface area contributed by atoms with Gasteiger partial charge in [-0.05, 0) is 42.5 Å². The predicted molar refractivity (Wildman–Crippen MR) is 85.5 cm³/mol. The number of pyridine rings is 1. The molecule has 0 fully saturated rings. The molecule has 1 unspecified atom stereocenters. The first-order chi connectivity index (χ1) is 9.69. The highest BCUT2D eigenvalue weighted by Gasteiger charge is 2.14. The number of aromatic nitrogens is 1. The molecule has 20 heavy (non-hydrogen) atoms. The number of hydrogen-bond donors (Lipinski definition) is 1. The molecule has 0 aliphatic rings. The Morgan fingerprint density at radius 3 is 2.60 bits per heavy atom. The van der Waals surface area contributed by atoms with E-state index in [9.17, 15) is 0 Å². The Hall–Kier alpha value is -1.77. The van der Waals surface area contributed by atoms with E-state index in [-0.39, 0.29) is 0 Å². The van der Waals surface area contributed by atoms with Crippen LogP contribution in [-0.2, 0) is 0 Å². The van der Waals surface area contributed by atoms with Crippen molar-refractivity contribution >= 4 is 16.6 Å². The lowest BCUT2D eigenvalue weighted by atomic mass is 9.95. The molecule has 0 aliphatic heterocycles. The van der Waals surface area contributed by atoms with Crippen LogP contribution in [0.3, 0.4) is 0 Å². The summed E-state index contributed by atoms with van der Waals surface area (Å²) >= 11 is 0. The molecule has 3 nitrogen and oxygen atoms in total. The first kappa shape index (κ1) is 14.6. The molecule has 3 heteroatoms. The Morgan fingerprint density at radius 2 is 1.95 bits per heavy atom. The fourth-order valence-electron chi connectivity index (χ4n) is 2.73. The zero-order valence-corrected chi connectivity index (χ0v) is 12.8. The third-order valence-corrected chi connectivity index (χ3v) is 4.09. The summed E-state index contributed by atoms with van der Waals surface area (Å²) in [6, 6.07) is 8.54. The Morgan fingerprint density at radius 1 is 1.20 bits per heavy atom. The minimum Gasteiger partial charge on any atom is -0.497 e. The predicted octanol–water partition coefficient (Wildman–Crippen LogP) is 4.48. The molecule has 1 N–H and O–H groups in total. The number of benzene rings is 1. The second-order valence-electron chi connectivity index (χ2n) is 5.26. The standard InChI is InChI=1S/C17H24N2O/c1-5-13(6-2)12(3)19-17-16-8-7-15(20-4)11-14(16)9-10-18-17/h7-13H,5-6H2,1-4H3,(H,18,19). The van der Waals surface area contributed by atoms with Crippen LogP contribution in [0.2, 0.25) is 0 Å². The second kappa shape index (κ2) is 6.60. The van der Waals surface area contributed by atoms with E-state index < -0.39 is 0 Å². The van der Waals surface area contributed by atoms with Crippen molar-refractivity contribution in [2.45, 2.75) is 39.7 Å². The van der Waals surface area contributed by atoms with Crippen molar-refractivity contribution in [3.8, 4) is 5.75 Å². The van der Waals surface area contributed by atoms with Gasteiger partial charge in [0.15, 0.2) is 0 Å². The van der Waals surface area contributed by atoms with Crippen LogP contribution in [-0.4, -0.2) is 18.1 Å². The normalized spacial score (nSPS) is 12.7. The topological polar surface area (TPSA) is 34.2 Å². The van der Waals surface area contributed by atoms with E-state index in [1.165, 1.54) is 12.8 Å². The van der Waals surface area contributed by atoms with Gasteiger partial charge in [0.1, 0.15) is 11.6 Å². The number of anilines is 1. The number of rotatable bonds is 6. The molecule has 0 saturated heterocycles. The average Bonchev–Trinajstić information content (AvgIpc) is 2.48. The van der Waals surface area contributed by atoms with Crippen LogP contribution >= 0.6 is 0 Å². The minimum atomic E-state index is 0.421. The summed E-state index contributed by atoms with van der Waals surface area (Å²) in [5, 5.41) is 5.87. The van der Waals surface area contributed by atoms with Gasteiger partial charge in [0, 0.05) is 17.6 Å². The molecule has 1 atom stereocenters. The summed E-state index contributed by atoms with van der Waals surface area (Å²) in [5.41, 5.74) is 0. The zero-order valence-electron chi connectivity index (χ0n) is 12.8. The van der Waals surface area contributed by atoms with E-state index in [4.69, 9.17) is 4.74 Å². The smallest absolute Gasteiger partial charge is 0.134 e. The Labute approximate surface area is 121 Å². The zero-order chi connectivity index (χ0) is 14.5. The maximum absolute atomic E-state index is 5.28. The van der Waals surface area contributed by atoms with Gasteiger partial charge in [-0.2, -0.15) is 0 Å². The number of nitrogens with zero attached hydrogens (tertiary/aromatic N) is 1. The Kier molecular flexibility index (Phi) is 4.83. The summed E-state index contributed by atoms with van der Waals surface area (Å²) in [5.74, 6) is 2.51. The van der Waals surface area contributed by atoms with Crippen molar-refractivity contribution in [2.75, 3.05) is 12.4 Å². The number of ether oxygens (including phenoxy) is 1. The third kappa shape index (κ3) is 3.03. The lowest BCUT2D eigenvalue weighted by Gasteiger charge is -2.23. The van der Waals surface area contributed by atoms with Crippen molar-refractivity contribution in [1.29, 1.82) is 0 Å². The number of nitrogens with one attached hydrogen (secondary N) is 1. The summed E-state index contributed by atoms with van der Waals surface area (Å²) in [7, 11) is 1.69. The molecule has 1 aromatic heterocycles. The molecule has 0 radical (unpaired) electrons. The average molecular weight is 272 g/mol. The van der Waals surface area contributed by atoms with E-state index >= 15 is 0 Å². The molecule has 1 heterocycles. The third-order valence-electron chi connectivity index (χ3n) is 4.09. The number of fused-ring (bicyclic) bond motifs is 1. The lowest BCUT2D eigenvalue weighted by molar-refractivity contribution is 0.415. The van der Waals surface area contributed by atoms with E-state index in [0.717, 1.165) is 22.3 Å². The molecule has 2 rings (SSSR count). The monoisotopic (exact) mass is 272 g/mol. The van der Waals surface area contributed by atoms with Crippen LogP contribution in [0.5, 0.6) is 5.75 Å². The number of methoxy groups -OCH3 is 1. The highest BCUT2D eigenvalue weighted by molar-refractivity contribution is 5.92. The van der Waals surface area contributed by atoms with Gasteiger partial charge < -0.3 is 10.1 Å². The van der Waals surface area contributed by atoms with Gasteiger partial charge in [-0.1, -0.05) is 26.7 Å². The maximum Gasteiger partial charge on any atom is 0.134 e. The van der Waals surface area contributed by atoms with Gasteiger partial charge in [-0.3, -0.25) is 0 Å². The Bertz CT molecular complexity index is 564. The molecule has 1 aromatic carbocycles. The van der Waals surface area contributed by atoms with E-state index in [0.29, 0.717) is 12.0 Å². The summed E-state index contributed by atoms with van der Waals surface area (Å²) in [4.78, 5) is 4.50. The van der Waals surface area contributed by atoms with Gasteiger partial charge >= 0.3 is 0 Å². The highest BCUT2D eigenvalue weighted by Crippen LogP contribution is 2.27. The van der Waals surface area contributed by atoms with E-state index in [2.05, 4.69) is 37.1 Å². The maximum atomic E-state index is 5.28. The van der Waals surface area contributed by atoms with Crippen molar-refractivity contribution in [2.24, 2.45) is 5.92 Å². The second-order valence-corrected chi connectivity index (χ2v) is 5.26. The first-order valence-electron chi connectivity index (χ1n) is 7.38. The fraction of sp³-hybridized carbons (Fsp3) is 0.471. The SMILES string of the molecule is CCC(CC)C(C)Nc1nccc2cc(OC)ccc12. The van der Waals surface area contributed by atoms with Crippen molar-refractivity contribution < 1.29 is 4.74 Å². The first-order valence-corrected chi connectivity index (χ1v) is 7.38. The van der Waals surface area contributed by atoms with Crippen LogP contribution in [0.15, 0.2) is 30.5 Å². The Balaban J connectivity index is 2.30. The van der Waals surface area contributed by atoms with Crippen molar-refractivity contribution in [1.82, 2.24) is 4.98 Å². The fourth-order valence-corrected chi connectivity index (χ4v) is 2.73. The summed E-state index contributed by atoms with van der Waals surface area (Å²) < 4.78 is 5.28. The van der Waals surface area contributed by atoms with Gasteiger partial charge in [0.25, 0.3) is 0 Å². The van der Waals surface area contributed by atoms with Crippen LogP contribution in [0.4, 0.5) is 5.82 Å². The largest absolute Gasteiger partial charge is 0.497 e. The van der Waals surface area contributed by atoms with Crippen molar-refractivity contribution in [3.05, 3.63) is 30.5 Å². The molecule has 0 amide bonds. The van der Waals surface area contributed by atoms with Crippen LogP contribution < -0.4 is 10.1 Å². The lowest BCUT2D eigenvalue weighted by Crippen LogP contribution is -2.25. The van der Waals surface area contributed by atoms with Crippen LogP contribution in [0.25, 0.3) is 10.8 Å². The van der Waals surface area contributed by atoms with Crippen LogP contribution in [0.1, 0.15) is 33.6 Å². The van der Waals surface area contributed by atoms with Gasteiger partial charge in [0.2, 0.25) is 0 Å². The van der Waals surface area contributed by atoms with Gasteiger partial charge in [-0.25, -0.2) is 4.98 Å². The summed E-state index contributed by atoms with van der Waals surface area (Å²) in [6.07, 6.45) is 4.22. The van der Waals surface area contributed by atoms with E-state index in [1.54, 1.807) is 7.11 Å². The molecule has 108 valence electrons. The van der Waals surface area contributed by atoms with Crippen molar-refractivity contribution in [3.63, 3.8) is 0 Å². The van der Waals surface area contributed by atoms with E-state index in [1.807, 2.05) is 24.4 Å².